The second-order valence-corrected chi connectivity index (χ2v) is 11.2. The zero-order valence-corrected chi connectivity index (χ0v) is 25.1. The quantitative estimate of drug-likeness (QED) is 0.203. The molecule has 1 fully saturated rings. The Morgan fingerprint density at radius 1 is 0.977 bits per heavy atom. The minimum atomic E-state index is -1.55. The largest absolute Gasteiger partial charge is 0.496 e. The van der Waals surface area contributed by atoms with Crippen molar-refractivity contribution < 1.29 is 27.4 Å². The molecule has 0 spiro atoms. The molecule has 1 aromatic heterocycles. The summed E-state index contributed by atoms with van der Waals surface area (Å²) >= 11 is 12.3. The van der Waals surface area contributed by atoms with Crippen LogP contribution in [0.15, 0.2) is 58.1 Å². The van der Waals surface area contributed by atoms with Crippen LogP contribution in [0.2, 0.25) is 10.0 Å². The minimum Gasteiger partial charge on any atom is -0.496 e. The van der Waals surface area contributed by atoms with E-state index in [4.69, 9.17) is 32.7 Å². The normalized spacial score (nSPS) is 13.9. The third-order valence-corrected chi connectivity index (χ3v) is 8.45. The summed E-state index contributed by atoms with van der Waals surface area (Å²) in [6, 6.07) is 11.9. The summed E-state index contributed by atoms with van der Waals surface area (Å²) in [5.41, 5.74) is 0.617. The summed E-state index contributed by atoms with van der Waals surface area (Å²) in [4.78, 5) is 40.6. The Labute approximate surface area is 260 Å². The van der Waals surface area contributed by atoms with Crippen molar-refractivity contribution in [1.82, 2.24) is 14.0 Å². The maximum absolute atomic E-state index is 15.2. The van der Waals surface area contributed by atoms with Gasteiger partial charge in [-0.05, 0) is 48.2 Å². The molecule has 0 radical (unpaired) electrons. The third kappa shape index (κ3) is 6.16. The maximum Gasteiger partial charge on any atom is 0.332 e. The lowest BCUT2D eigenvalue weighted by Gasteiger charge is -2.31. The molecule has 5 rings (SSSR count). The number of carbonyl (C=O) groups is 1. The van der Waals surface area contributed by atoms with Crippen molar-refractivity contribution in [2.45, 2.75) is 31.5 Å². The van der Waals surface area contributed by atoms with Crippen molar-refractivity contribution in [3.05, 3.63) is 90.8 Å². The molecule has 1 aliphatic rings. The van der Waals surface area contributed by atoms with Crippen LogP contribution in [0.4, 0.5) is 13.2 Å². The number of methoxy groups -OCH3 is 1. The Kier molecular flexibility index (Phi) is 9.55. The number of ether oxygens (including phenoxy) is 2. The monoisotopic (exact) mass is 649 g/mol. The molecule has 1 saturated heterocycles. The van der Waals surface area contributed by atoms with Crippen LogP contribution in [0.25, 0.3) is 22.0 Å². The lowest BCUT2D eigenvalue weighted by atomic mass is 10.0. The highest BCUT2D eigenvalue weighted by Gasteiger charge is 2.26. The SMILES string of the molecule is COc1cc(Cn2c(=O)c3cc(OC(CF)CF)c(F)cc3n(C3CCN(C=O)CC3)c2=O)ccc1-c1ccc(Cl)c(Cl)c1. The Bertz CT molecular complexity index is 1820. The van der Waals surface area contributed by atoms with Crippen LogP contribution in [0.5, 0.6) is 11.5 Å². The van der Waals surface area contributed by atoms with Crippen LogP contribution < -0.4 is 20.7 Å². The van der Waals surface area contributed by atoms with Crippen LogP contribution in [-0.2, 0) is 11.3 Å². The second-order valence-electron chi connectivity index (χ2n) is 10.4. The van der Waals surface area contributed by atoms with Gasteiger partial charge in [0.05, 0.1) is 34.6 Å². The van der Waals surface area contributed by atoms with Gasteiger partial charge in [0.2, 0.25) is 6.41 Å². The molecule has 0 saturated carbocycles. The number of halogens is 5. The van der Waals surface area contributed by atoms with Crippen LogP contribution in [-0.4, -0.2) is 60.1 Å². The molecule has 0 aliphatic carbocycles. The van der Waals surface area contributed by atoms with E-state index in [1.54, 1.807) is 41.3 Å². The molecule has 4 aromatic rings. The number of likely N-dealkylation sites (tertiary alicyclic amines) is 1. The average Bonchev–Trinajstić information content (AvgIpc) is 3.04. The van der Waals surface area contributed by atoms with E-state index in [2.05, 4.69) is 0 Å². The first-order valence-corrected chi connectivity index (χ1v) is 14.5. The van der Waals surface area contributed by atoms with Gasteiger partial charge in [-0.1, -0.05) is 41.4 Å². The molecule has 8 nitrogen and oxygen atoms in total. The molecule has 2 heterocycles. The average molecular weight is 650 g/mol. The Morgan fingerprint density at radius 2 is 1.70 bits per heavy atom. The summed E-state index contributed by atoms with van der Waals surface area (Å²) in [6.45, 7) is -1.83. The van der Waals surface area contributed by atoms with Crippen LogP contribution in [0, 0.1) is 5.82 Å². The molecule has 232 valence electrons. The number of nitrogens with zero attached hydrogens (tertiary/aromatic N) is 3. The fourth-order valence-electron chi connectivity index (χ4n) is 5.41. The molecule has 0 unspecified atom stereocenters. The fraction of sp³-hybridized carbons (Fsp3) is 0.323. The van der Waals surface area contributed by atoms with Gasteiger partial charge in [-0.2, -0.15) is 0 Å². The van der Waals surface area contributed by atoms with E-state index < -0.39 is 48.3 Å². The summed E-state index contributed by atoms with van der Waals surface area (Å²) in [5.74, 6) is -1.02. The van der Waals surface area contributed by atoms with Gasteiger partial charge >= 0.3 is 5.69 Å². The van der Waals surface area contributed by atoms with Crippen molar-refractivity contribution in [3.63, 3.8) is 0 Å². The molecule has 1 aliphatic heterocycles. The number of rotatable bonds is 10. The van der Waals surface area contributed by atoms with Gasteiger partial charge in [0.15, 0.2) is 17.7 Å². The molecule has 13 heteroatoms. The predicted octanol–water partition coefficient (Wildman–Crippen LogP) is 5.81. The zero-order valence-electron chi connectivity index (χ0n) is 23.6. The first kappa shape index (κ1) is 31.5. The number of hydrogen-bond acceptors (Lipinski definition) is 5. The van der Waals surface area contributed by atoms with E-state index in [1.807, 2.05) is 0 Å². The van der Waals surface area contributed by atoms with E-state index in [0.29, 0.717) is 52.9 Å². The molecule has 3 aromatic carbocycles. The number of carbonyl (C=O) groups excluding carboxylic acids is 1. The van der Waals surface area contributed by atoms with Crippen molar-refractivity contribution in [2.75, 3.05) is 33.5 Å². The predicted molar refractivity (Wildman–Crippen MR) is 162 cm³/mol. The summed E-state index contributed by atoms with van der Waals surface area (Å²) in [7, 11) is 1.49. The second kappa shape index (κ2) is 13.4. The molecular weight excluding hydrogens is 622 g/mol. The fourth-order valence-corrected chi connectivity index (χ4v) is 5.71. The van der Waals surface area contributed by atoms with E-state index in [9.17, 15) is 23.2 Å². The standard InChI is InChI=1S/C31H28Cl2F3N3O5/c1-43-28-10-18(2-4-22(28)19-3-5-24(32)25(33)11-19)16-38-30(41)23-12-29(44-21(14-34)15-35)26(36)13-27(23)39(31(38)42)20-6-8-37(17-40)9-7-20/h2-5,10-13,17,20-21H,6-9,14-16H2,1H3. The van der Waals surface area contributed by atoms with Crippen molar-refractivity contribution in [2.24, 2.45) is 0 Å². The molecule has 1 amide bonds. The summed E-state index contributed by atoms with van der Waals surface area (Å²) in [5, 5.41) is 0.699. The van der Waals surface area contributed by atoms with Gasteiger partial charge in [0.25, 0.3) is 5.56 Å². The van der Waals surface area contributed by atoms with E-state index in [1.165, 1.54) is 11.7 Å². The number of benzene rings is 3. The zero-order chi connectivity index (χ0) is 31.5. The number of hydrogen-bond donors (Lipinski definition) is 0. The van der Waals surface area contributed by atoms with Crippen molar-refractivity contribution in [3.8, 4) is 22.6 Å². The van der Waals surface area contributed by atoms with E-state index >= 15 is 4.39 Å². The van der Waals surface area contributed by atoms with Crippen LogP contribution in [0.1, 0.15) is 24.4 Å². The lowest BCUT2D eigenvalue weighted by molar-refractivity contribution is -0.119. The van der Waals surface area contributed by atoms with Gasteiger partial charge < -0.3 is 14.4 Å². The number of aromatic nitrogens is 2. The number of fused-ring (bicyclic) bond motifs is 1. The number of alkyl halides is 2. The lowest BCUT2D eigenvalue weighted by Crippen LogP contribution is -2.44. The van der Waals surface area contributed by atoms with E-state index in [0.717, 1.165) is 28.7 Å². The van der Waals surface area contributed by atoms with Crippen LogP contribution >= 0.6 is 23.2 Å². The maximum atomic E-state index is 15.2. The van der Waals surface area contributed by atoms with Gasteiger partial charge in [-0.15, -0.1) is 0 Å². The number of amides is 1. The molecule has 0 bridgehead atoms. The highest BCUT2D eigenvalue weighted by Crippen LogP contribution is 2.35. The number of piperidine rings is 1. The third-order valence-electron chi connectivity index (χ3n) is 7.71. The van der Waals surface area contributed by atoms with Gasteiger partial charge in [0, 0.05) is 30.8 Å². The highest BCUT2D eigenvalue weighted by atomic mass is 35.5. The van der Waals surface area contributed by atoms with Gasteiger partial charge in [0.1, 0.15) is 19.1 Å². The van der Waals surface area contributed by atoms with Crippen molar-refractivity contribution in [1.29, 1.82) is 0 Å². The summed E-state index contributed by atoms with van der Waals surface area (Å²) in [6.07, 6.45) is -0.0417. The molecular formula is C31H28Cl2F3N3O5. The molecule has 0 N–H and O–H groups in total. The molecule has 0 atom stereocenters. The highest BCUT2D eigenvalue weighted by molar-refractivity contribution is 6.42. The summed E-state index contributed by atoms with van der Waals surface area (Å²) < 4.78 is 54.7. The van der Waals surface area contributed by atoms with Gasteiger partial charge in [-0.25, -0.2) is 18.0 Å². The van der Waals surface area contributed by atoms with Crippen molar-refractivity contribution >= 4 is 40.5 Å². The Hall–Kier alpha value is -3.96. The Morgan fingerprint density at radius 3 is 2.34 bits per heavy atom. The first-order chi connectivity index (χ1) is 21.2. The topological polar surface area (TPSA) is 82.8 Å². The van der Waals surface area contributed by atoms with Crippen LogP contribution in [0.3, 0.4) is 0 Å². The minimum absolute atomic E-state index is 0.0234. The Balaban J connectivity index is 1.63. The van der Waals surface area contributed by atoms with Gasteiger partial charge in [-0.3, -0.25) is 18.7 Å². The smallest absolute Gasteiger partial charge is 0.332 e. The first-order valence-electron chi connectivity index (χ1n) is 13.8. The molecule has 44 heavy (non-hydrogen) atoms. The van der Waals surface area contributed by atoms with E-state index in [-0.39, 0.29) is 17.4 Å².